The summed E-state index contributed by atoms with van der Waals surface area (Å²) >= 11 is 1.62. The number of methoxy groups -OCH3 is 1. The van der Waals surface area contributed by atoms with Crippen LogP contribution in [0.25, 0.3) is 21.7 Å². The third-order valence-electron chi connectivity index (χ3n) is 5.67. The highest BCUT2D eigenvalue weighted by molar-refractivity contribution is 7.18. The molecule has 0 saturated carbocycles. The Labute approximate surface area is 182 Å². The molecule has 4 aromatic heterocycles. The second-order valence-corrected chi connectivity index (χ2v) is 8.91. The molecule has 4 aromatic rings. The van der Waals surface area contributed by atoms with Crippen LogP contribution in [-0.4, -0.2) is 27.6 Å². The molecule has 0 N–H and O–H groups in total. The number of esters is 1. The first-order valence-electron chi connectivity index (χ1n) is 10.2. The molecule has 5 rings (SSSR count). The maximum Gasteiger partial charge on any atom is 0.373 e. The number of furan rings is 1. The van der Waals surface area contributed by atoms with E-state index in [1.54, 1.807) is 34.2 Å². The molecule has 0 spiro atoms. The molecule has 1 aliphatic rings. The van der Waals surface area contributed by atoms with E-state index in [-0.39, 0.29) is 17.9 Å². The van der Waals surface area contributed by atoms with Crippen LogP contribution in [-0.2, 0) is 24.1 Å². The van der Waals surface area contributed by atoms with E-state index in [4.69, 9.17) is 14.1 Å². The van der Waals surface area contributed by atoms with Gasteiger partial charge in [0.25, 0.3) is 5.56 Å². The Morgan fingerprint density at radius 3 is 2.97 bits per heavy atom. The summed E-state index contributed by atoms with van der Waals surface area (Å²) in [6, 6.07) is 8.75. The molecule has 1 atom stereocenters. The average Bonchev–Trinajstić information content (AvgIpc) is 3.39. The summed E-state index contributed by atoms with van der Waals surface area (Å²) in [7, 11) is 1.30. The average molecular weight is 436 g/mol. The van der Waals surface area contributed by atoms with Gasteiger partial charge < -0.3 is 9.15 Å². The number of thiophene rings is 1. The minimum Gasteiger partial charge on any atom is -0.463 e. The van der Waals surface area contributed by atoms with Gasteiger partial charge in [-0.15, -0.1) is 11.3 Å². The summed E-state index contributed by atoms with van der Waals surface area (Å²) in [5, 5.41) is 0.700. The predicted molar refractivity (Wildman–Crippen MR) is 117 cm³/mol. The molecule has 0 amide bonds. The summed E-state index contributed by atoms with van der Waals surface area (Å²) in [5.41, 5.74) is 1.64. The van der Waals surface area contributed by atoms with E-state index < -0.39 is 5.97 Å². The molecule has 158 valence electrons. The second-order valence-electron chi connectivity index (χ2n) is 7.83. The number of aryl methyl sites for hydroxylation is 1. The zero-order chi connectivity index (χ0) is 21.5. The van der Waals surface area contributed by atoms with Gasteiger partial charge in [0.15, 0.2) is 5.82 Å². The van der Waals surface area contributed by atoms with Crippen LogP contribution in [0.4, 0.5) is 0 Å². The first-order chi connectivity index (χ1) is 15.0. The lowest BCUT2D eigenvalue weighted by Gasteiger charge is -2.17. The SMILES string of the molecule is COC(=O)c1ccc(Cn2c(-c3ccccn3)nc3sc4c(c3c2=O)CCC(C)C4)o1. The summed E-state index contributed by atoms with van der Waals surface area (Å²) in [6.45, 7) is 2.39. The van der Waals surface area contributed by atoms with E-state index in [1.165, 1.54) is 12.0 Å². The van der Waals surface area contributed by atoms with E-state index in [0.717, 1.165) is 29.7 Å². The van der Waals surface area contributed by atoms with Gasteiger partial charge in [-0.2, -0.15) is 0 Å². The minimum atomic E-state index is -0.557. The van der Waals surface area contributed by atoms with Crippen molar-refractivity contribution < 1.29 is 13.9 Å². The lowest BCUT2D eigenvalue weighted by atomic mass is 9.89. The molecule has 1 unspecified atom stereocenters. The molecule has 31 heavy (non-hydrogen) atoms. The Morgan fingerprint density at radius 2 is 2.19 bits per heavy atom. The summed E-state index contributed by atoms with van der Waals surface area (Å²) < 4.78 is 11.9. The summed E-state index contributed by atoms with van der Waals surface area (Å²) in [4.78, 5) is 36.8. The number of fused-ring (bicyclic) bond motifs is 3. The Hall–Kier alpha value is -3.26. The molecule has 0 aliphatic heterocycles. The molecule has 0 radical (unpaired) electrons. The van der Waals surface area contributed by atoms with Gasteiger partial charge in [0, 0.05) is 11.1 Å². The number of rotatable bonds is 4. The first-order valence-corrected chi connectivity index (χ1v) is 11.0. The molecule has 0 fully saturated rings. The van der Waals surface area contributed by atoms with Crippen LogP contribution in [0.1, 0.15) is 40.1 Å². The molecule has 7 nitrogen and oxygen atoms in total. The van der Waals surface area contributed by atoms with E-state index >= 15 is 0 Å². The fourth-order valence-corrected chi connectivity index (χ4v) is 5.46. The van der Waals surface area contributed by atoms with Crippen molar-refractivity contribution in [3.05, 3.63) is 68.8 Å². The van der Waals surface area contributed by atoms with E-state index in [0.29, 0.717) is 28.6 Å². The van der Waals surface area contributed by atoms with Crippen LogP contribution in [0.3, 0.4) is 0 Å². The molecule has 8 heteroatoms. The number of ether oxygens (including phenoxy) is 1. The van der Waals surface area contributed by atoms with Crippen molar-refractivity contribution in [2.24, 2.45) is 5.92 Å². The maximum atomic E-state index is 13.7. The molecular formula is C23H21N3O4S. The van der Waals surface area contributed by atoms with Gasteiger partial charge in [0.2, 0.25) is 5.76 Å². The van der Waals surface area contributed by atoms with Crippen molar-refractivity contribution in [3.8, 4) is 11.5 Å². The van der Waals surface area contributed by atoms with Crippen molar-refractivity contribution in [3.63, 3.8) is 0 Å². The first kappa shape index (κ1) is 19.7. The molecule has 4 heterocycles. The zero-order valence-corrected chi connectivity index (χ0v) is 18.1. The van der Waals surface area contributed by atoms with Crippen LogP contribution in [0.2, 0.25) is 0 Å². The highest BCUT2D eigenvalue weighted by atomic mass is 32.1. The van der Waals surface area contributed by atoms with Crippen LogP contribution in [0, 0.1) is 5.92 Å². The Kier molecular flexibility index (Phi) is 4.94. The van der Waals surface area contributed by atoms with Crippen molar-refractivity contribution >= 4 is 27.5 Å². The number of carbonyl (C=O) groups is 1. The van der Waals surface area contributed by atoms with Gasteiger partial charge in [-0.25, -0.2) is 9.78 Å². The van der Waals surface area contributed by atoms with Gasteiger partial charge in [0.05, 0.1) is 19.0 Å². The normalized spacial score (nSPS) is 15.7. The molecule has 0 aromatic carbocycles. The van der Waals surface area contributed by atoms with Gasteiger partial charge in [0.1, 0.15) is 16.3 Å². The van der Waals surface area contributed by atoms with Crippen LogP contribution in [0.15, 0.2) is 45.7 Å². The predicted octanol–water partition coefficient (Wildman–Crippen LogP) is 4.07. The third-order valence-corrected chi connectivity index (χ3v) is 6.82. The standard InChI is InChI=1S/C23H21N3O4S/c1-13-6-8-15-18(11-13)31-21-19(15)22(27)26(20(25-21)16-5-3-4-10-24-16)12-14-7-9-17(30-14)23(28)29-2/h3-5,7,9-10,13H,6,8,11-12H2,1-2H3. The molecular weight excluding hydrogens is 414 g/mol. The van der Waals surface area contributed by atoms with Crippen molar-refractivity contribution in [1.82, 2.24) is 14.5 Å². The van der Waals surface area contributed by atoms with Crippen LogP contribution < -0.4 is 5.56 Å². The quantitative estimate of drug-likeness (QED) is 0.449. The van der Waals surface area contributed by atoms with E-state index in [1.807, 2.05) is 18.2 Å². The Bertz CT molecular complexity index is 1340. The number of hydrogen-bond acceptors (Lipinski definition) is 7. The lowest BCUT2D eigenvalue weighted by molar-refractivity contribution is 0.0563. The fraction of sp³-hybridized carbons (Fsp3) is 0.304. The summed E-state index contributed by atoms with van der Waals surface area (Å²) in [5.74, 6) is 1.11. The topological polar surface area (TPSA) is 87.2 Å². The fourth-order valence-electron chi connectivity index (χ4n) is 4.09. The van der Waals surface area contributed by atoms with Crippen molar-refractivity contribution in [2.45, 2.75) is 32.7 Å². The second kappa shape index (κ2) is 7.77. The summed E-state index contributed by atoms with van der Waals surface area (Å²) in [6.07, 6.45) is 4.62. The highest BCUT2D eigenvalue weighted by Crippen LogP contribution is 2.36. The van der Waals surface area contributed by atoms with Gasteiger partial charge in [-0.1, -0.05) is 13.0 Å². The number of hydrogen-bond donors (Lipinski definition) is 0. The number of nitrogens with zero attached hydrogens (tertiary/aromatic N) is 3. The highest BCUT2D eigenvalue weighted by Gasteiger charge is 2.25. The largest absolute Gasteiger partial charge is 0.463 e. The van der Waals surface area contributed by atoms with Gasteiger partial charge in [-0.3, -0.25) is 14.3 Å². The molecule has 1 aliphatic carbocycles. The maximum absolute atomic E-state index is 13.7. The molecule has 0 bridgehead atoms. The van der Waals surface area contributed by atoms with E-state index in [2.05, 4.69) is 11.9 Å². The number of pyridine rings is 1. The Morgan fingerprint density at radius 1 is 1.32 bits per heavy atom. The zero-order valence-electron chi connectivity index (χ0n) is 17.3. The Balaban J connectivity index is 1.69. The van der Waals surface area contributed by atoms with Crippen LogP contribution in [0.5, 0.6) is 0 Å². The number of carbonyl (C=O) groups excluding carboxylic acids is 1. The van der Waals surface area contributed by atoms with Crippen LogP contribution >= 0.6 is 11.3 Å². The van der Waals surface area contributed by atoms with Crippen molar-refractivity contribution in [2.75, 3.05) is 7.11 Å². The van der Waals surface area contributed by atoms with Gasteiger partial charge >= 0.3 is 5.97 Å². The van der Waals surface area contributed by atoms with Gasteiger partial charge in [-0.05, 0) is 55.0 Å². The lowest BCUT2D eigenvalue weighted by Crippen LogP contribution is -2.25. The van der Waals surface area contributed by atoms with E-state index in [9.17, 15) is 9.59 Å². The smallest absolute Gasteiger partial charge is 0.373 e. The third kappa shape index (κ3) is 3.46. The molecule has 0 saturated heterocycles. The monoisotopic (exact) mass is 435 g/mol. The minimum absolute atomic E-state index is 0.0980. The number of aromatic nitrogens is 3. The van der Waals surface area contributed by atoms with Crippen molar-refractivity contribution in [1.29, 1.82) is 0 Å².